The Labute approximate surface area is 203 Å². The third kappa shape index (κ3) is 5.91. The van der Waals surface area contributed by atoms with Crippen molar-refractivity contribution in [3.8, 4) is 5.75 Å². The number of amides is 1. The molecule has 0 aromatic heterocycles. The van der Waals surface area contributed by atoms with E-state index in [1.165, 1.54) is 12.8 Å². The van der Waals surface area contributed by atoms with Gasteiger partial charge in [0.2, 0.25) is 5.91 Å². The standard InChI is InChI=1S/C28H37ClN2O2/c1-21-18-22(2)20-31(19-21)16-17-33-24-12-10-23(11-13-24)30-27(32)28(14-6-3-7-15-28)25-8-4-5-9-26(25)29/h4-5,8-13,21-22H,3,6-7,14-20H2,1-2H3,(H,30,32)/t21-,22+. The van der Waals surface area contributed by atoms with Crippen LogP contribution < -0.4 is 10.1 Å². The van der Waals surface area contributed by atoms with Crippen LogP contribution in [0.1, 0.15) is 57.9 Å². The molecule has 4 rings (SSSR count). The van der Waals surface area contributed by atoms with E-state index < -0.39 is 5.41 Å². The third-order valence-electron chi connectivity index (χ3n) is 7.26. The van der Waals surface area contributed by atoms with Gasteiger partial charge in [-0.2, -0.15) is 0 Å². The van der Waals surface area contributed by atoms with Gasteiger partial charge < -0.3 is 10.1 Å². The van der Waals surface area contributed by atoms with Crippen molar-refractivity contribution >= 4 is 23.2 Å². The molecule has 4 nitrogen and oxygen atoms in total. The van der Waals surface area contributed by atoms with E-state index in [1.807, 2.05) is 48.5 Å². The van der Waals surface area contributed by atoms with Gasteiger partial charge in [-0.3, -0.25) is 9.69 Å². The number of ether oxygens (including phenoxy) is 1. The fourth-order valence-corrected chi connectivity index (χ4v) is 6.09. The molecule has 0 unspecified atom stereocenters. The molecular formula is C28H37ClN2O2. The molecule has 0 radical (unpaired) electrons. The van der Waals surface area contributed by atoms with Crippen LogP contribution in [-0.4, -0.2) is 37.0 Å². The molecule has 2 aromatic rings. The van der Waals surface area contributed by atoms with Crippen LogP contribution in [0, 0.1) is 11.8 Å². The first-order valence-electron chi connectivity index (χ1n) is 12.5. The molecule has 0 spiro atoms. The van der Waals surface area contributed by atoms with Crippen LogP contribution in [0.15, 0.2) is 48.5 Å². The quantitative estimate of drug-likeness (QED) is 0.501. The highest BCUT2D eigenvalue weighted by Crippen LogP contribution is 2.43. The predicted octanol–water partition coefficient (Wildman–Crippen LogP) is 6.54. The number of carbonyl (C=O) groups excluding carboxylic acids is 1. The summed E-state index contributed by atoms with van der Waals surface area (Å²) in [7, 11) is 0. The van der Waals surface area contributed by atoms with E-state index in [4.69, 9.17) is 16.3 Å². The Morgan fingerprint density at radius 1 is 1.03 bits per heavy atom. The Kier molecular flexibility index (Phi) is 7.98. The van der Waals surface area contributed by atoms with Crippen LogP contribution >= 0.6 is 11.6 Å². The van der Waals surface area contributed by atoms with Crippen LogP contribution in [0.2, 0.25) is 5.02 Å². The molecular weight excluding hydrogens is 432 g/mol. The average molecular weight is 469 g/mol. The fraction of sp³-hybridized carbons (Fsp3) is 0.536. The Hall–Kier alpha value is -2.04. The first-order chi connectivity index (χ1) is 16.0. The van der Waals surface area contributed by atoms with Gasteiger partial charge in [0, 0.05) is 30.3 Å². The zero-order chi connectivity index (χ0) is 23.3. The summed E-state index contributed by atoms with van der Waals surface area (Å²) in [6.45, 7) is 8.62. The fourth-order valence-electron chi connectivity index (χ4n) is 5.78. The maximum absolute atomic E-state index is 13.5. The molecule has 2 atom stereocenters. The lowest BCUT2D eigenvalue weighted by Crippen LogP contribution is -2.42. The van der Waals surface area contributed by atoms with Gasteiger partial charge in [0.15, 0.2) is 0 Å². The van der Waals surface area contributed by atoms with E-state index in [-0.39, 0.29) is 5.91 Å². The summed E-state index contributed by atoms with van der Waals surface area (Å²) in [6.07, 6.45) is 6.23. The van der Waals surface area contributed by atoms with Crippen molar-refractivity contribution < 1.29 is 9.53 Å². The molecule has 1 aliphatic carbocycles. The molecule has 33 heavy (non-hydrogen) atoms. The number of piperidine rings is 1. The summed E-state index contributed by atoms with van der Waals surface area (Å²) in [5, 5.41) is 3.84. The monoisotopic (exact) mass is 468 g/mol. The van der Waals surface area contributed by atoms with E-state index >= 15 is 0 Å². The van der Waals surface area contributed by atoms with Crippen molar-refractivity contribution in [2.75, 3.05) is 31.6 Å². The van der Waals surface area contributed by atoms with E-state index in [1.54, 1.807) is 0 Å². The van der Waals surface area contributed by atoms with Crippen LogP contribution in [-0.2, 0) is 10.2 Å². The van der Waals surface area contributed by atoms with E-state index in [0.717, 1.165) is 74.2 Å². The first-order valence-corrected chi connectivity index (χ1v) is 12.9. The number of benzene rings is 2. The predicted molar refractivity (Wildman–Crippen MR) is 136 cm³/mol. The number of nitrogens with one attached hydrogen (secondary N) is 1. The second-order valence-electron chi connectivity index (χ2n) is 10.2. The summed E-state index contributed by atoms with van der Waals surface area (Å²) < 4.78 is 5.99. The number of rotatable bonds is 7. The number of halogens is 1. The second-order valence-corrected chi connectivity index (χ2v) is 10.6. The van der Waals surface area contributed by atoms with Gasteiger partial charge in [0.25, 0.3) is 0 Å². The zero-order valence-corrected chi connectivity index (χ0v) is 20.7. The van der Waals surface area contributed by atoms with E-state index in [2.05, 4.69) is 24.1 Å². The molecule has 2 aliphatic rings. The molecule has 1 saturated carbocycles. The van der Waals surface area contributed by atoms with Crippen molar-refractivity contribution in [1.29, 1.82) is 0 Å². The van der Waals surface area contributed by atoms with Crippen molar-refractivity contribution in [3.63, 3.8) is 0 Å². The highest BCUT2D eigenvalue weighted by Gasteiger charge is 2.42. The van der Waals surface area contributed by atoms with Gasteiger partial charge >= 0.3 is 0 Å². The smallest absolute Gasteiger partial charge is 0.235 e. The molecule has 0 bridgehead atoms. The molecule has 2 fully saturated rings. The maximum Gasteiger partial charge on any atom is 0.235 e. The number of anilines is 1. The highest BCUT2D eigenvalue weighted by molar-refractivity contribution is 6.31. The number of hydrogen-bond donors (Lipinski definition) is 1. The van der Waals surface area contributed by atoms with Crippen molar-refractivity contribution in [1.82, 2.24) is 4.90 Å². The Bertz CT molecular complexity index is 914. The molecule has 1 amide bonds. The summed E-state index contributed by atoms with van der Waals surface area (Å²) in [4.78, 5) is 16.0. The zero-order valence-electron chi connectivity index (χ0n) is 20.0. The molecule has 1 saturated heterocycles. The van der Waals surface area contributed by atoms with Crippen molar-refractivity contribution in [3.05, 3.63) is 59.1 Å². The largest absolute Gasteiger partial charge is 0.492 e. The normalized spacial score (nSPS) is 23.1. The second kappa shape index (κ2) is 10.9. The maximum atomic E-state index is 13.5. The molecule has 178 valence electrons. The molecule has 5 heteroatoms. The van der Waals surface area contributed by atoms with Gasteiger partial charge in [0.05, 0.1) is 5.41 Å². The summed E-state index contributed by atoms with van der Waals surface area (Å²) in [5.41, 5.74) is 1.18. The third-order valence-corrected chi connectivity index (χ3v) is 7.59. The average Bonchev–Trinajstić information content (AvgIpc) is 2.80. The molecule has 1 aliphatic heterocycles. The Balaban J connectivity index is 1.36. The van der Waals surface area contributed by atoms with Crippen molar-refractivity contribution in [2.24, 2.45) is 11.8 Å². The number of nitrogens with zero attached hydrogens (tertiary/aromatic N) is 1. The minimum atomic E-state index is -0.561. The van der Waals surface area contributed by atoms with E-state index in [9.17, 15) is 4.79 Å². The SMILES string of the molecule is C[C@@H]1C[C@H](C)CN(CCOc2ccc(NC(=O)C3(c4ccccc4Cl)CCCCC3)cc2)C1. The van der Waals surface area contributed by atoms with Crippen LogP contribution in [0.25, 0.3) is 0 Å². The van der Waals surface area contributed by atoms with Gasteiger partial charge in [-0.25, -0.2) is 0 Å². The Morgan fingerprint density at radius 2 is 1.70 bits per heavy atom. The lowest BCUT2D eigenvalue weighted by Gasteiger charge is -2.37. The van der Waals surface area contributed by atoms with Gasteiger partial charge in [-0.15, -0.1) is 0 Å². The molecule has 2 aromatic carbocycles. The minimum absolute atomic E-state index is 0.0392. The van der Waals surface area contributed by atoms with Gasteiger partial charge in [0.1, 0.15) is 12.4 Å². The van der Waals surface area contributed by atoms with Crippen molar-refractivity contribution in [2.45, 2.75) is 57.8 Å². The summed E-state index contributed by atoms with van der Waals surface area (Å²) in [6, 6.07) is 15.5. The van der Waals surface area contributed by atoms with Crippen LogP contribution in [0.4, 0.5) is 5.69 Å². The van der Waals surface area contributed by atoms with Gasteiger partial charge in [-0.05, 0) is 67.0 Å². The number of likely N-dealkylation sites (tertiary alicyclic amines) is 1. The lowest BCUT2D eigenvalue weighted by molar-refractivity contribution is -0.122. The van der Waals surface area contributed by atoms with Gasteiger partial charge in [-0.1, -0.05) is 62.9 Å². The van der Waals surface area contributed by atoms with E-state index in [0.29, 0.717) is 11.6 Å². The Morgan fingerprint density at radius 3 is 2.36 bits per heavy atom. The van der Waals surface area contributed by atoms with Crippen LogP contribution in [0.3, 0.4) is 0 Å². The number of carbonyl (C=O) groups is 1. The molecule has 1 N–H and O–H groups in total. The molecule has 1 heterocycles. The summed E-state index contributed by atoms with van der Waals surface area (Å²) in [5.74, 6) is 2.40. The van der Waals surface area contributed by atoms with Crippen LogP contribution in [0.5, 0.6) is 5.75 Å². The highest BCUT2D eigenvalue weighted by atomic mass is 35.5. The topological polar surface area (TPSA) is 41.6 Å². The lowest BCUT2D eigenvalue weighted by atomic mass is 9.68. The number of hydrogen-bond acceptors (Lipinski definition) is 3. The summed E-state index contributed by atoms with van der Waals surface area (Å²) >= 11 is 6.54. The minimum Gasteiger partial charge on any atom is -0.492 e. The first kappa shape index (κ1) is 24.1.